The van der Waals surface area contributed by atoms with Gasteiger partial charge in [-0.05, 0) is 37.5 Å². The van der Waals surface area contributed by atoms with Gasteiger partial charge in [-0.1, -0.05) is 22.8 Å². The highest BCUT2D eigenvalue weighted by molar-refractivity contribution is 6.30. The molecule has 0 aliphatic carbocycles. The molecule has 4 nitrogen and oxygen atoms in total. The van der Waals surface area contributed by atoms with E-state index in [2.05, 4.69) is 5.16 Å². The quantitative estimate of drug-likeness (QED) is 0.270. The zero-order chi connectivity index (χ0) is 12.7. The van der Waals surface area contributed by atoms with E-state index >= 15 is 0 Å². The molecule has 1 aromatic rings. The molecule has 0 unspecified atom stereocenters. The number of nitrogens with zero attached hydrogens (tertiary/aromatic N) is 1. The maximum atomic E-state index is 8.35. The molecule has 1 aromatic carbocycles. The lowest BCUT2D eigenvalue weighted by Crippen LogP contribution is -2.11. The van der Waals surface area contributed by atoms with Crippen LogP contribution in [0.2, 0.25) is 5.02 Å². The minimum Gasteiger partial charge on any atom is -0.493 e. The summed E-state index contributed by atoms with van der Waals surface area (Å²) < 4.78 is 5.61. The molecular formula is C12H17ClN2O2. The minimum atomic E-state index is 0.254. The Bertz CT molecular complexity index is 394. The van der Waals surface area contributed by atoms with Crippen molar-refractivity contribution in [2.24, 2.45) is 10.9 Å². The zero-order valence-electron chi connectivity index (χ0n) is 9.82. The SMILES string of the molecule is Cc1ccc(Cl)cc1OCCCCC(N)=NO. The lowest BCUT2D eigenvalue weighted by molar-refractivity contribution is 0.303. The van der Waals surface area contributed by atoms with E-state index in [1.165, 1.54) is 0 Å². The summed E-state index contributed by atoms with van der Waals surface area (Å²) in [6, 6.07) is 5.57. The Morgan fingerprint density at radius 2 is 2.24 bits per heavy atom. The number of halogens is 1. The molecule has 5 heteroatoms. The zero-order valence-corrected chi connectivity index (χ0v) is 10.6. The number of ether oxygens (including phenoxy) is 1. The lowest BCUT2D eigenvalue weighted by Gasteiger charge is -2.09. The van der Waals surface area contributed by atoms with E-state index in [9.17, 15) is 0 Å². The smallest absolute Gasteiger partial charge is 0.139 e. The number of aryl methyl sites for hydroxylation is 1. The van der Waals surface area contributed by atoms with Crippen LogP contribution in [0.1, 0.15) is 24.8 Å². The van der Waals surface area contributed by atoms with Crippen LogP contribution in [-0.4, -0.2) is 17.6 Å². The number of unbranched alkanes of at least 4 members (excludes halogenated alkanes) is 1. The van der Waals surface area contributed by atoms with Gasteiger partial charge in [-0.3, -0.25) is 0 Å². The van der Waals surface area contributed by atoms with Crippen LogP contribution in [0.3, 0.4) is 0 Å². The van der Waals surface area contributed by atoms with Crippen molar-refractivity contribution in [1.29, 1.82) is 0 Å². The summed E-state index contributed by atoms with van der Waals surface area (Å²) in [6.07, 6.45) is 2.26. The molecule has 0 saturated carbocycles. The number of nitrogens with two attached hydrogens (primary N) is 1. The summed E-state index contributed by atoms with van der Waals surface area (Å²) >= 11 is 5.88. The van der Waals surface area contributed by atoms with Crippen LogP contribution in [0.4, 0.5) is 0 Å². The number of rotatable bonds is 6. The third-order valence-corrected chi connectivity index (χ3v) is 2.60. The molecule has 1 rings (SSSR count). The summed E-state index contributed by atoms with van der Waals surface area (Å²) in [6.45, 7) is 2.57. The van der Waals surface area contributed by atoms with Gasteiger partial charge < -0.3 is 15.7 Å². The molecule has 0 aromatic heterocycles. The van der Waals surface area contributed by atoms with Gasteiger partial charge in [0, 0.05) is 11.4 Å². The van der Waals surface area contributed by atoms with Crippen molar-refractivity contribution in [2.45, 2.75) is 26.2 Å². The number of hydrogen-bond acceptors (Lipinski definition) is 3. The van der Waals surface area contributed by atoms with Gasteiger partial charge in [0.25, 0.3) is 0 Å². The fraction of sp³-hybridized carbons (Fsp3) is 0.417. The Morgan fingerprint density at radius 3 is 2.94 bits per heavy atom. The van der Waals surface area contributed by atoms with Crippen LogP contribution in [0.5, 0.6) is 5.75 Å². The summed E-state index contributed by atoms with van der Waals surface area (Å²) in [4.78, 5) is 0. The molecule has 0 amide bonds. The molecule has 0 atom stereocenters. The van der Waals surface area contributed by atoms with Gasteiger partial charge in [0.05, 0.1) is 6.61 Å². The Hall–Kier alpha value is -1.42. The highest BCUT2D eigenvalue weighted by atomic mass is 35.5. The number of benzene rings is 1. The van der Waals surface area contributed by atoms with Crippen molar-refractivity contribution in [2.75, 3.05) is 6.61 Å². The second-order valence-electron chi connectivity index (χ2n) is 3.81. The predicted molar refractivity (Wildman–Crippen MR) is 68.9 cm³/mol. The molecule has 94 valence electrons. The van der Waals surface area contributed by atoms with E-state index in [-0.39, 0.29) is 5.84 Å². The fourth-order valence-electron chi connectivity index (χ4n) is 1.37. The number of amidine groups is 1. The second-order valence-corrected chi connectivity index (χ2v) is 4.24. The highest BCUT2D eigenvalue weighted by Crippen LogP contribution is 2.22. The van der Waals surface area contributed by atoms with Gasteiger partial charge in [0.1, 0.15) is 11.6 Å². The fourth-order valence-corrected chi connectivity index (χ4v) is 1.53. The molecule has 0 aliphatic rings. The average Bonchev–Trinajstić information content (AvgIpc) is 2.32. The first-order valence-electron chi connectivity index (χ1n) is 5.49. The van der Waals surface area contributed by atoms with Crippen LogP contribution < -0.4 is 10.5 Å². The van der Waals surface area contributed by atoms with E-state index in [1.54, 1.807) is 6.07 Å². The highest BCUT2D eigenvalue weighted by Gasteiger charge is 2.00. The summed E-state index contributed by atoms with van der Waals surface area (Å²) in [5, 5.41) is 11.9. The largest absolute Gasteiger partial charge is 0.493 e. The normalized spacial score (nSPS) is 11.5. The van der Waals surface area contributed by atoms with Gasteiger partial charge in [0.2, 0.25) is 0 Å². The molecule has 0 aliphatic heterocycles. The Balaban J connectivity index is 2.29. The monoisotopic (exact) mass is 256 g/mol. The van der Waals surface area contributed by atoms with Gasteiger partial charge >= 0.3 is 0 Å². The molecule has 0 fully saturated rings. The molecular weight excluding hydrogens is 240 g/mol. The van der Waals surface area contributed by atoms with Crippen LogP contribution in [0, 0.1) is 6.92 Å². The van der Waals surface area contributed by atoms with E-state index in [0.717, 1.165) is 24.2 Å². The number of hydrogen-bond donors (Lipinski definition) is 2. The molecule has 3 N–H and O–H groups in total. The third-order valence-electron chi connectivity index (χ3n) is 2.36. The maximum Gasteiger partial charge on any atom is 0.139 e. The molecule has 17 heavy (non-hydrogen) atoms. The van der Waals surface area contributed by atoms with Gasteiger partial charge in [0.15, 0.2) is 0 Å². The first-order chi connectivity index (χ1) is 8.13. The van der Waals surface area contributed by atoms with Gasteiger partial charge in [-0.25, -0.2) is 0 Å². The number of oxime groups is 1. The van der Waals surface area contributed by atoms with Crippen LogP contribution in [-0.2, 0) is 0 Å². The molecule has 0 bridgehead atoms. The van der Waals surface area contributed by atoms with Crippen LogP contribution in [0.15, 0.2) is 23.4 Å². The predicted octanol–water partition coefficient (Wildman–Crippen LogP) is 2.94. The average molecular weight is 257 g/mol. The topological polar surface area (TPSA) is 67.8 Å². The molecule has 0 saturated heterocycles. The standard InChI is InChI=1S/C12H17ClN2O2/c1-9-5-6-10(13)8-11(9)17-7-3-2-4-12(14)15-16/h5-6,8,16H,2-4,7H2,1H3,(H2,14,15). The van der Waals surface area contributed by atoms with Gasteiger partial charge in [-0.15, -0.1) is 0 Å². The van der Waals surface area contributed by atoms with Crippen LogP contribution >= 0.6 is 11.6 Å². The first kappa shape index (κ1) is 13.6. The van der Waals surface area contributed by atoms with Crippen LogP contribution in [0.25, 0.3) is 0 Å². The molecule has 0 heterocycles. The van der Waals surface area contributed by atoms with E-state index < -0.39 is 0 Å². The maximum absolute atomic E-state index is 8.35. The Morgan fingerprint density at radius 1 is 1.47 bits per heavy atom. The van der Waals surface area contributed by atoms with Crippen molar-refractivity contribution in [3.63, 3.8) is 0 Å². The minimum absolute atomic E-state index is 0.254. The second kappa shape index (κ2) is 7.01. The molecule has 0 radical (unpaired) electrons. The van der Waals surface area contributed by atoms with E-state index in [0.29, 0.717) is 18.1 Å². The van der Waals surface area contributed by atoms with Crippen molar-refractivity contribution in [3.05, 3.63) is 28.8 Å². The Labute approximate surface area is 106 Å². The first-order valence-corrected chi connectivity index (χ1v) is 5.86. The van der Waals surface area contributed by atoms with E-state index in [4.69, 9.17) is 27.3 Å². The van der Waals surface area contributed by atoms with Crippen molar-refractivity contribution < 1.29 is 9.94 Å². The summed E-state index contributed by atoms with van der Waals surface area (Å²) in [7, 11) is 0. The molecule has 0 spiro atoms. The van der Waals surface area contributed by atoms with Crippen molar-refractivity contribution in [3.8, 4) is 5.75 Å². The lowest BCUT2D eigenvalue weighted by atomic mass is 10.2. The third kappa shape index (κ3) is 4.95. The van der Waals surface area contributed by atoms with Gasteiger partial charge in [-0.2, -0.15) is 0 Å². The van der Waals surface area contributed by atoms with E-state index in [1.807, 2.05) is 19.1 Å². The van der Waals surface area contributed by atoms with Crippen molar-refractivity contribution in [1.82, 2.24) is 0 Å². The Kier molecular flexibility index (Phi) is 5.63. The van der Waals surface area contributed by atoms with Crippen molar-refractivity contribution >= 4 is 17.4 Å². The summed E-state index contributed by atoms with van der Waals surface area (Å²) in [5.74, 6) is 1.06. The summed E-state index contributed by atoms with van der Waals surface area (Å²) in [5.41, 5.74) is 6.41.